The zero-order chi connectivity index (χ0) is 14.4. The number of alkyl halides is 3. The topological polar surface area (TPSA) is 37.4 Å². The Morgan fingerprint density at radius 2 is 2.05 bits per heavy atom. The van der Waals surface area contributed by atoms with Crippen molar-refractivity contribution in [3.8, 4) is 0 Å². The van der Waals surface area contributed by atoms with Crippen LogP contribution in [-0.2, 0) is 17.5 Å². The third-order valence-electron chi connectivity index (χ3n) is 3.20. The lowest BCUT2D eigenvalue weighted by molar-refractivity contribution is -0.138. The molecule has 0 bridgehead atoms. The number of morpholine rings is 1. The van der Waals surface area contributed by atoms with Gasteiger partial charge in [-0.2, -0.15) is 13.2 Å². The van der Waals surface area contributed by atoms with E-state index in [1.807, 2.05) is 0 Å². The molecule has 1 N–H and O–H groups in total. The lowest BCUT2D eigenvalue weighted by Crippen LogP contribution is -2.40. The number of halogens is 3. The van der Waals surface area contributed by atoms with E-state index in [0.29, 0.717) is 6.54 Å². The van der Waals surface area contributed by atoms with Crippen molar-refractivity contribution in [2.45, 2.75) is 12.7 Å². The SMILES string of the molecule is FC(F)(F)c1cccnc1CNCCN1CCOCC1. The molecule has 0 amide bonds. The highest BCUT2D eigenvalue weighted by atomic mass is 19.4. The maximum atomic E-state index is 12.8. The smallest absolute Gasteiger partial charge is 0.379 e. The van der Waals surface area contributed by atoms with E-state index in [1.165, 1.54) is 12.3 Å². The van der Waals surface area contributed by atoms with Crippen LogP contribution < -0.4 is 5.32 Å². The van der Waals surface area contributed by atoms with Crippen molar-refractivity contribution in [1.29, 1.82) is 0 Å². The minimum atomic E-state index is -4.35. The molecule has 1 aromatic rings. The van der Waals surface area contributed by atoms with Crippen LogP contribution in [0.15, 0.2) is 18.3 Å². The second-order valence-electron chi connectivity index (χ2n) is 4.63. The van der Waals surface area contributed by atoms with E-state index in [0.717, 1.165) is 38.9 Å². The number of hydrogen-bond donors (Lipinski definition) is 1. The molecule has 0 unspecified atom stereocenters. The molecule has 1 fully saturated rings. The molecule has 1 aromatic heterocycles. The van der Waals surface area contributed by atoms with E-state index in [4.69, 9.17) is 4.74 Å². The van der Waals surface area contributed by atoms with E-state index in [1.54, 1.807) is 0 Å². The van der Waals surface area contributed by atoms with Crippen molar-refractivity contribution in [2.24, 2.45) is 0 Å². The first-order valence-corrected chi connectivity index (χ1v) is 6.59. The van der Waals surface area contributed by atoms with Crippen molar-refractivity contribution >= 4 is 0 Å². The number of aromatic nitrogens is 1. The van der Waals surface area contributed by atoms with Crippen molar-refractivity contribution in [3.05, 3.63) is 29.6 Å². The highest BCUT2D eigenvalue weighted by Crippen LogP contribution is 2.30. The van der Waals surface area contributed by atoms with Crippen LogP contribution in [0.3, 0.4) is 0 Å². The summed E-state index contributed by atoms with van der Waals surface area (Å²) in [5, 5.41) is 3.02. The van der Waals surface area contributed by atoms with Gasteiger partial charge in [-0.25, -0.2) is 0 Å². The maximum Gasteiger partial charge on any atom is 0.418 e. The average Bonchev–Trinajstić information content (AvgIpc) is 2.44. The summed E-state index contributed by atoms with van der Waals surface area (Å²) in [7, 11) is 0. The minimum absolute atomic E-state index is 0.0435. The summed E-state index contributed by atoms with van der Waals surface area (Å²) in [5.74, 6) is 0. The number of hydrogen-bond acceptors (Lipinski definition) is 4. The number of nitrogens with one attached hydrogen (secondary N) is 1. The third-order valence-corrected chi connectivity index (χ3v) is 3.20. The Balaban J connectivity index is 1.79. The summed E-state index contributed by atoms with van der Waals surface area (Å²) in [5.41, 5.74) is -0.624. The van der Waals surface area contributed by atoms with E-state index < -0.39 is 11.7 Å². The number of pyridine rings is 1. The molecule has 1 aliphatic rings. The molecule has 0 spiro atoms. The fourth-order valence-electron chi connectivity index (χ4n) is 2.11. The largest absolute Gasteiger partial charge is 0.418 e. The Kier molecular flexibility index (Phi) is 5.33. The van der Waals surface area contributed by atoms with Gasteiger partial charge in [0.25, 0.3) is 0 Å². The van der Waals surface area contributed by atoms with Gasteiger partial charge in [0.2, 0.25) is 0 Å². The van der Waals surface area contributed by atoms with E-state index >= 15 is 0 Å². The molecule has 20 heavy (non-hydrogen) atoms. The summed E-state index contributed by atoms with van der Waals surface area (Å²) in [4.78, 5) is 6.04. The van der Waals surface area contributed by atoms with Gasteiger partial charge in [0.1, 0.15) is 0 Å². The molecule has 112 valence electrons. The Morgan fingerprint density at radius 3 is 2.75 bits per heavy atom. The Hall–Kier alpha value is -1.18. The van der Waals surface area contributed by atoms with Gasteiger partial charge in [-0.3, -0.25) is 9.88 Å². The molecule has 2 heterocycles. The summed E-state index contributed by atoms with van der Waals surface area (Å²) < 4.78 is 43.5. The molecule has 0 aromatic carbocycles. The van der Waals surface area contributed by atoms with Crippen LogP contribution in [0.1, 0.15) is 11.3 Å². The molecule has 0 atom stereocenters. The first-order chi connectivity index (χ1) is 9.57. The van der Waals surface area contributed by atoms with Crippen LogP contribution in [-0.4, -0.2) is 49.3 Å². The molecule has 0 radical (unpaired) electrons. The highest BCUT2D eigenvalue weighted by molar-refractivity contribution is 5.22. The van der Waals surface area contributed by atoms with E-state index in [2.05, 4.69) is 15.2 Å². The van der Waals surface area contributed by atoms with Gasteiger partial charge in [-0.15, -0.1) is 0 Å². The first-order valence-electron chi connectivity index (χ1n) is 6.59. The fourth-order valence-corrected chi connectivity index (χ4v) is 2.11. The van der Waals surface area contributed by atoms with Gasteiger partial charge in [-0.1, -0.05) is 0 Å². The van der Waals surface area contributed by atoms with Crippen LogP contribution in [0.4, 0.5) is 13.2 Å². The standard InChI is InChI=1S/C13H18F3N3O/c14-13(15,16)11-2-1-3-18-12(11)10-17-4-5-19-6-8-20-9-7-19/h1-3,17H,4-10H2. The van der Waals surface area contributed by atoms with Gasteiger partial charge >= 0.3 is 6.18 Å². The third kappa shape index (κ3) is 4.43. The summed E-state index contributed by atoms with van der Waals surface area (Å²) in [6.07, 6.45) is -2.97. The van der Waals surface area contributed by atoms with Crippen molar-refractivity contribution in [1.82, 2.24) is 15.2 Å². The van der Waals surface area contributed by atoms with E-state index in [-0.39, 0.29) is 12.2 Å². The van der Waals surface area contributed by atoms with Gasteiger partial charge < -0.3 is 10.1 Å². The average molecular weight is 289 g/mol. The van der Waals surface area contributed by atoms with E-state index in [9.17, 15) is 13.2 Å². The van der Waals surface area contributed by atoms with Crippen molar-refractivity contribution < 1.29 is 17.9 Å². The van der Waals surface area contributed by atoms with Crippen LogP contribution in [0, 0.1) is 0 Å². The van der Waals surface area contributed by atoms with Crippen LogP contribution >= 0.6 is 0 Å². The summed E-state index contributed by atoms with van der Waals surface area (Å²) in [6.45, 7) is 4.75. The lowest BCUT2D eigenvalue weighted by Gasteiger charge is -2.26. The molecule has 0 aliphatic carbocycles. The van der Waals surface area contributed by atoms with Crippen LogP contribution in [0.2, 0.25) is 0 Å². The summed E-state index contributed by atoms with van der Waals surface area (Å²) >= 11 is 0. The highest BCUT2D eigenvalue weighted by Gasteiger charge is 2.33. The predicted molar refractivity (Wildman–Crippen MR) is 68.2 cm³/mol. The normalized spacial score (nSPS) is 17.4. The molecule has 4 nitrogen and oxygen atoms in total. The lowest BCUT2D eigenvalue weighted by atomic mass is 10.2. The molecule has 2 rings (SSSR count). The molecule has 0 saturated carbocycles. The van der Waals surface area contributed by atoms with Crippen molar-refractivity contribution in [2.75, 3.05) is 39.4 Å². The monoisotopic (exact) mass is 289 g/mol. The first kappa shape index (κ1) is 15.2. The summed E-state index contributed by atoms with van der Waals surface area (Å²) in [6, 6.07) is 2.37. The maximum absolute atomic E-state index is 12.8. The number of rotatable bonds is 5. The predicted octanol–water partition coefficient (Wildman–Crippen LogP) is 1.52. The second kappa shape index (κ2) is 7.01. The molecular formula is C13H18F3N3O. The second-order valence-corrected chi connectivity index (χ2v) is 4.63. The van der Waals surface area contributed by atoms with Gasteiger partial charge in [0, 0.05) is 38.9 Å². The van der Waals surface area contributed by atoms with Gasteiger partial charge in [0.15, 0.2) is 0 Å². The fraction of sp³-hybridized carbons (Fsp3) is 0.615. The van der Waals surface area contributed by atoms with Crippen LogP contribution in [0.25, 0.3) is 0 Å². The van der Waals surface area contributed by atoms with Gasteiger partial charge in [-0.05, 0) is 12.1 Å². The molecule has 7 heteroatoms. The Bertz CT molecular complexity index is 420. The quantitative estimate of drug-likeness (QED) is 0.834. The minimum Gasteiger partial charge on any atom is -0.379 e. The zero-order valence-corrected chi connectivity index (χ0v) is 11.1. The van der Waals surface area contributed by atoms with Crippen molar-refractivity contribution in [3.63, 3.8) is 0 Å². The number of ether oxygens (including phenoxy) is 1. The van der Waals surface area contributed by atoms with Crippen LogP contribution in [0.5, 0.6) is 0 Å². The zero-order valence-electron chi connectivity index (χ0n) is 11.1. The molecule has 1 aliphatic heterocycles. The Morgan fingerprint density at radius 1 is 1.30 bits per heavy atom. The molecule has 1 saturated heterocycles. The molecular weight excluding hydrogens is 271 g/mol. The van der Waals surface area contributed by atoms with Gasteiger partial charge in [0.05, 0.1) is 24.5 Å². The Labute approximate surface area is 115 Å². The number of nitrogens with zero attached hydrogens (tertiary/aromatic N) is 2.